The lowest BCUT2D eigenvalue weighted by atomic mass is 9.89. The number of ether oxygens (including phenoxy) is 1. The molecular weight excluding hydrogens is 242 g/mol. The first-order valence-electron chi connectivity index (χ1n) is 5.98. The van der Waals surface area contributed by atoms with Gasteiger partial charge in [0, 0.05) is 6.20 Å². The van der Waals surface area contributed by atoms with Gasteiger partial charge in [-0.2, -0.15) is 5.26 Å². The van der Waals surface area contributed by atoms with Crippen LogP contribution in [0.15, 0.2) is 30.9 Å². The highest BCUT2D eigenvalue weighted by Crippen LogP contribution is 2.23. The number of carbonyl (C=O) groups excluding carboxylic acids is 1. The Morgan fingerprint density at radius 3 is 3.00 bits per heavy atom. The zero-order valence-corrected chi connectivity index (χ0v) is 11.1. The molecule has 19 heavy (non-hydrogen) atoms. The highest BCUT2D eigenvalue weighted by Gasteiger charge is 2.29. The number of hydrogen-bond donors (Lipinski definition) is 0. The second-order valence-corrected chi connectivity index (χ2v) is 5.02. The van der Waals surface area contributed by atoms with Crippen LogP contribution in [0.3, 0.4) is 0 Å². The molecule has 98 valence electrons. The van der Waals surface area contributed by atoms with E-state index in [2.05, 4.69) is 11.1 Å². The minimum Gasteiger partial charge on any atom is -0.457 e. The van der Waals surface area contributed by atoms with Crippen molar-refractivity contribution in [3.8, 4) is 6.07 Å². The van der Waals surface area contributed by atoms with E-state index in [4.69, 9.17) is 10.00 Å². The summed E-state index contributed by atoms with van der Waals surface area (Å²) >= 11 is 0. The Morgan fingerprint density at radius 1 is 1.58 bits per heavy atom. The van der Waals surface area contributed by atoms with E-state index in [9.17, 15) is 4.79 Å². The summed E-state index contributed by atoms with van der Waals surface area (Å²) in [6.07, 6.45) is 4.59. The topological polar surface area (TPSA) is 67.4 Å². The van der Waals surface area contributed by atoms with Crippen LogP contribution in [0.1, 0.15) is 31.1 Å². The lowest BCUT2D eigenvalue weighted by molar-refractivity contribution is 0.0129. The average Bonchev–Trinajstić information content (AvgIpc) is 2.85. The third kappa shape index (κ3) is 2.58. The van der Waals surface area contributed by atoms with Crippen LogP contribution in [-0.4, -0.2) is 21.5 Å². The molecule has 2 aromatic rings. The molecule has 2 aromatic heterocycles. The van der Waals surface area contributed by atoms with Gasteiger partial charge in [-0.25, -0.2) is 9.78 Å². The van der Waals surface area contributed by atoms with Crippen LogP contribution in [0.25, 0.3) is 5.52 Å². The van der Waals surface area contributed by atoms with Crippen molar-refractivity contribution in [3.05, 3.63) is 36.4 Å². The van der Waals surface area contributed by atoms with E-state index in [1.165, 1.54) is 0 Å². The molecule has 0 saturated heterocycles. The Bertz CT molecular complexity index is 652. The lowest BCUT2D eigenvalue weighted by Gasteiger charge is -2.24. The molecule has 0 radical (unpaired) electrons. The van der Waals surface area contributed by atoms with Crippen molar-refractivity contribution >= 4 is 11.5 Å². The minimum absolute atomic E-state index is 0.431. The van der Waals surface area contributed by atoms with Crippen LogP contribution in [0.4, 0.5) is 0 Å². The molecule has 1 atom stereocenters. The predicted molar refractivity (Wildman–Crippen MR) is 69.5 cm³/mol. The number of imidazole rings is 1. The van der Waals surface area contributed by atoms with Crippen molar-refractivity contribution < 1.29 is 9.53 Å². The van der Waals surface area contributed by atoms with Crippen LogP contribution in [0.5, 0.6) is 0 Å². The zero-order valence-electron chi connectivity index (χ0n) is 11.1. The molecule has 2 heterocycles. The number of nitrogens with zero attached hydrogens (tertiary/aromatic N) is 3. The first-order chi connectivity index (χ1) is 8.94. The van der Waals surface area contributed by atoms with Crippen LogP contribution in [0.2, 0.25) is 0 Å². The molecule has 0 aromatic carbocycles. The standard InChI is InChI=1S/C14H15N3O2/c1-10(14(2,3)8-15)19-13(18)11-4-5-17-9-16-7-12(17)6-11/h4-7,9-10H,1-3H3/t10-/m0/s1. The van der Waals surface area contributed by atoms with Crippen molar-refractivity contribution in [2.24, 2.45) is 5.41 Å². The number of aromatic nitrogens is 2. The van der Waals surface area contributed by atoms with Crippen LogP contribution >= 0.6 is 0 Å². The molecule has 0 unspecified atom stereocenters. The van der Waals surface area contributed by atoms with Gasteiger partial charge in [0.15, 0.2) is 0 Å². The number of hydrogen-bond acceptors (Lipinski definition) is 4. The fourth-order valence-corrected chi connectivity index (χ4v) is 1.51. The van der Waals surface area contributed by atoms with Crippen molar-refractivity contribution in [2.45, 2.75) is 26.9 Å². The SMILES string of the molecule is C[C@H](OC(=O)c1ccn2cncc2c1)C(C)(C)C#N. The van der Waals surface area contributed by atoms with E-state index in [1.54, 1.807) is 56.0 Å². The first-order valence-corrected chi connectivity index (χ1v) is 5.98. The van der Waals surface area contributed by atoms with E-state index >= 15 is 0 Å². The molecule has 0 amide bonds. The third-order valence-electron chi connectivity index (χ3n) is 3.24. The first kappa shape index (κ1) is 13.1. The van der Waals surface area contributed by atoms with Gasteiger partial charge in [0.2, 0.25) is 0 Å². The second-order valence-electron chi connectivity index (χ2n) is 5.02. The Morgan fingerprint density at radius 2 is 2.32 bits per heavy atom. The van der Waals surface area contributed by atoms with E-state index in [0.717, 1.165) is 5.52 Å². The summed E-state index contributed by atoms with van der Waals surface area (Å²) in [5.74, 6) is -0.431. The molecule has 0 saturated carbocycles. The van der Waals surface area contributed by atoms with Crippen molar-refractivity contribution in [1.82, 2.24) is 9.38 Å². The number of nitriles is 1. The van der Waals surface area contributed by atoms with E-state index in [-0.39, 0.29) is 0 Å². The smallest absolute Gasteiger partial charge is 0.338 e. The summed E-state index contributed by atoms with van der Waals surface area (Å²) in [5, 5.41) is 9.01. The molecule has 0 spiro atoms. The molecule has 0 aliphatic heterocycles. The van der Waals surface area contributed by atoms with Gasteiger partial charge in [-0.3, -0.25) is 0 Å². The van der Waals surface area contributed by atoms with Gasteiger partial charge in [-0.05, 0) is 32.9 Å². The normalized spacial score (nSPS) is 12.9. The van der Waals surface area contributed by atoms with Gasteiger partial charge in [-0.1, -0.05) is 0 Å². The van der Waals surface area contributed by atoms with Gasteiger partial charge < -0.3 is 9.14 Å². The number of fused-ring (bicyclic) bond motifs is 1. The van der Waals surface area contributed by atoms with Crippen molar-refractivity contribution in [3.63, 3.8) is 0 Å². The fraction of sp³-hybridized carbons (Fsp3) is 0.357. The highest BCUT2D eigenvalue weighted by molar-refractivity contribution is 5.90. The molecule has 5 nitrogen and oxygen atoms in total. The van der Waals surface area contributed by atoms with E-state index in [1.807, 2.05) is 0 Å². The molecule has 5 heteroatoms. The number of rotatable bonds is 3. The summed E-state index contributed by atoms with van der Waals surface area (Å²) in [4.78, 5) is 16.0. The van der Waals surface area contributed by atoms with Crippen LogP contribution < -0.4 is 0 Å². The summed E-state index contributed by atoms with van der Waals surface area (Å²) in [7, 11) is 0. The maximum absolute atomic E-state index is 12.0. The summed E-state index contributed by atoms with van der Waals surface area (Å²) in [6, 6.07) is 5.51. The molecule has 2 rings (SSSR count). The third-order valence-corrected chi connectivity index (χ3v) is 3.24. The van der Waals surface area contributed by atoms with Crippen molar-refractivity contribution in [2.75, 3.05) is 0 Å². The second kappa shape index (κ2) is 4.73. The Balaban J connectivity index is 2.18. The van der Waals surface area contributed by atoms with Gasteiger partial charge in [0.25, 0.3) is 0 Å². The predicted octanol–water partition coefficient (Wildman–Crippen LogP) is 2.43. The summed E-state index contributed by atoms with van der Waals surface area (Å²) in [5.41, 5.74) is 0.561. The number of pyridine rings is 1. The van der Waals surface area contributed by atoms with Gasteiger partial charge in [0.1, 0.15) is 6.10 Å². The average molecular weight is 257 g/mol. The lowest BCUT2D eigenvalue weighted by Crippen LogP contribution is -2.30. The quantitative estimate of drug-likeness (QED) is 0.792. The minimum atomic E-state index is -0.712. The highest BCUT2D eigenvalue weighted by atomic mass is 16.5. The Hall–Kier alpha value is -2.35. The molecule has 0 fully saturated rings. The monoisotopic (exact) mass is 257 g/mol. The molecular formula is C14H15N3O2. The van der Waals surface area contributed by atoms with Crippen LogP contribution in [-0.2, 0) is 4.74 Å². The van der Waals surface area contributed by atoms with E-state index < -0.39 is 17.5 Å². The van der Waals surface area contributed by atoms with Gasteiger partial charge in [-0.15, -0.1) is 0 Å². The largest absolute Gasteiger partial charge is 0.457 e. The maximum atomic E-state index is 12.0. The Labute approximate surface area is 111 Å². The molecule has 0 bridgehead atoms. The molecule has 0 N–H and O–H groups in total. The zero-order chi connectivity index (χ0) is 14.0. The summed E-state index contributed by atoms with van der Waals surface area (Å²) < 4.78 is 7.13. The molecule has 0 aliphatic rings. The maximum Gasteiger partial charge on any atom is 0.338 e. The van der Waals surface area contributed by atoms with Gasteiger partial charge >= 0.3 is 5.97 Å². The Kier molecular flexibility index (Phi) is 3.26. The number of carbonyl (C=O) groups is 1. The van der Waals surface area contributed by atoms with Crippen LogP contribution in [0, 0.1) is 16.7 Å². The fourth-order valence-electron chi connectivity index (χ4n) is 1.51. The number of esters is 1. The summed E-state index contributed by atoms with van der Waals surface area (Å²) in [6.45, 7) is 5.20. The van der Waals surface area contributed by atoms with Crippen molar-refractivity contribution in [1.29, 1.82) is 5.26 Å². The molecule has 0 aliphatic carbocycles. The van der Waals surface area contributed by atoms with E-state index in [0.29, 0.717) is 5.56 Å². The van der Waals surface area contributed by atoms with Gasteiger partial charge in [0.05, 0.1) is 35.1 Å².